The number of nitrogens with zero attached hydrogens (tertiary/aromatic N) is 3. The van der Waals surface area contributed by atoms with E-state index in [9.17, 15) is 9.59 Å². The zero-order valence-corrected chi connectivity index (χ0v) is 25.5. The summed E-state index contributed by atoms with van der Waals surface area (Å²) in [5.41, 5.74) is 6.22. The normalized spacial score (nSPS) is 15.1. The van der Waals surface area contributed by atoms with Gasteiger partial charge < -0.3 is 14.0 Å². The second kappa shape index (κ2) is 11.5. The molecule has 0 N–H and O–H groups in total. The summed E-state index contributed by atoms with van der Waals surface area (Å²) in [6.45, 7) is 12.1. The molecule has 0 spiro atoms. The molecule has 9 heteroatoms. The molecule has 0 unspecified atom stereocenters. The number of aromatic nitrogens is 2. The number of halogens is 1. The summed E-state index contributed by atoms with van der Waals surface area (Å²) in [6.07, 6.45) is 1.90. The monoisotopic (exact) mass is 589 g/mol. The molecule has 3 heterocycles. The molecule has 1 atom stereocenters. The van der Waals surface area contributed by atoms with Gasteiger partial charge in [-0.2, -0.15) is 0 Å². The standard InChI is InChI=1S/C32H32ClN3O4S/c1-7-39-26-15-10-9-12-23(26)29-28(31(38)40-8-2)20(5)34-32-36(29)30(37)27(41-32)17-22-16-18(3)35(21(22)6)25-14-11-13-24(33)19(25)4/h9-17,29H,7-8H2,1-6H3/b27-17-/t29-/m1/s1. The van der Waals surface area contributed by atoms with Crippen molar-refractivity contribution in [3.8, 4) is 11.4 Å². The van der Waals surface area contributed by atoms with Gasteiger partial charge in [0, 0.05) is 27.7 Å². The number of carbonyl (C=O) groups excluding carboxylic acids is 1. The summed E-state index contributed by atoms with van der Waals surface area (Å²) in [6, 6.07) is 14.6. The van der Waals surface area contributed by atoms with Gasteiger partial charge in [-0.1, -0.05) is 47.2 Å². The third-order valence-electron chi connectivity index (χ3n) is 7.27. The molecule has 1 aliphatic heterocycles. The van der Waals surface area contributed by atoms with Gasteiger partial charge in [0.15, 0.2) is 4.80 Å². The fourth-order valence-electron chi connectivity index (χ4n) is 5.36. The lowest BCUT2D eigenvalue weighted by atomic mass is 9.95. The lowest BCUT2D eigenvalue weighted by molar-refractivity contribution is -0.139. The van der Waals surface area contributed by atoms with E-state index in [0.29, 0.717) is 43.5 Å². The summed E-state index contributed by atoms with van der Waals surface area (Å²) >= 11 is 7.73. The van der Waals surface area contributed by atoms with Crippen molar-refractivity contribution >= 4 is 35.0 Å². The average molecular weight is 590 g/mol. The van der Waals surface area contributed by atoms with E-state index in [1.807, 2.05) is 76.2 Å². The Kier molecular flexibility index (Phi) is 8.07. The van der Waals surface area contributed by atoms with Crippen LogP contribution in [0.5, 0.6) is 5.75 Å². The van der Waals surface area contributed by atoms with Gasteiger partial charge in [-0.15, -0.1) is 0 Å². The number of benzene rings is 2. The predicted molar refractivity (Wildman–Crippen MR) is 163 cm³/mol. The SMILES string of the molecule is CCOC(=O)C1=C(C)N=c2s/c(=C\c3cc(C)n(-c4cccc(Cl)c4C)c3C)c(=O)n2[C@@H]1c1ccccc1OCC. The molecule has 0 aliphatic carbocycles. The predicted octanol–water partition coefficient (Wildman–Crippen LogP) is 5.57. The molecule has 1 aliphatic rings. The molecule has 0 amide bonds. The van der Waals surface area contributed by atoms with Crippen molar-refractivity contribution in [3.63, 3.8) is 0 Å². The third-order valence-corrected chi connectivity index (χ3v) is 8.66. The van der Waals surface area contributed by atoms with E-state index in [2.05, 4.69) is 10.6 Å². The summed E-state index contributed by atoms with van der Waals surface area (Å²) in [7, 11) is 0. The number of ether oxygens (including phenoxy) is 2. The van der Waals surface area contributed by atoms with E-state index < -0.39 is 12.0 Å². The maximum atomic E-state index is 14.1. The first-order chi connectivity index (χ1) is 19.7. The van der Waals surface area contributed by atoms with Crippen molar-refractivity contribution in [2.75, 3.05) is 13.2 Å². The second-order valence-electron chi connectivity index (χ2n) is 9.82. The fourth-order valence-corrected chi connectivity index (χ4v) is 6.57. The summed E-state index contributed by atoms with van der Waals surface area (Å²) < 4.78 is 15.6. The van der Waals surface area contributed by atoms with E-state index in [1.165, 1.54) is 11.3 Å². The van der Waals surface area contributed by atoms with Gasteiger partial charge in [0.1, 0.15) is 11.8 Å². The van der Waals surface area contributed by atoms with Crippen molar-refractivity contribution in [3.05, 3.63) is 113 Å². The maximum absolute atomic E-state index is 14.1. The lowest BCUT2D eigenvalue weighted by Gasteiger charge is -2.26. The van der Waals surface area contributed by atoms with Crippen molar-refractivity contribution in [1.82, 2.24) is 9.13 Å². The van der Waals surface area contributed by atoms with Crippen LogP contribution in [0.25, 0.3) is 11.8 Å². The lowest BCUT2D eigenvalue weighted by Crippen LogP contribution is -2.40. The molecular weight excluding hydrogens is 558 g/mol. The van der Waals surface area contributed by atoms with Gasteiger partial charge in [0.25, 0.3) is 5.56 Å². The molecule has 0 bridgehead atoms. The highest BCUT2D eigenvalue weighted by atomic mass is 35.5. The first-order valence-corrected chi connectivity index (χ1v) is 14.7. The molecule has 2 aromatic heterocycles. The number of fused-ring (bicyclic) bond motifs is 1. The smallest absolute Gasteiger partial charge is 0.338 e. The Morgan fingerprint density at radius 3 is 2.56 bits per heavy atom. The number of carbonyl (C=O) groups is 1. The molecule has 4 aromatic rings. The number of hydrogen-bond donors (Lipinski definition) is 0. The minimum absolute atomic E-state index is 0.210. The van der Waals surface area contributed by atoms with Gasteiger partial charge >= 0.3 is 5.97 Å². The summed E-state index contributed by atoms with van der Waals surface area (Å²) in [5.74, 6) is 0.103. The van der Waals surface area contributed by atoms with Crippen molar-refractivity contribution < 1.29 is 14.3 Å². The number of thiazole rings is 1. The van der Waals surface area contributed by atoms with E-state index in [4.69, 9.17) is 26.1 Å². The average Bonchev–Trinajstić information content (AvgIpc) is 3.39. The highest BCUT2D eigenvalue weighted by molar-refractivity contribution is 7.07. The third kappa shape index (κ3) is 5.06. The Morgan fingerprint density at radius 1 is 1.07 bits per heavy atom. The Morgan fingerprint density at radius 2 is 1.83 bits per heavy atom. The van der Waals surface area contributed by atoms with Crippen LogP contribution in [0.2, 0.25) is 5.02 Å². The Labute approximate surface area is 247 Å². The maximum Gasteiger partial charge on any atom is 0.338 e. The van der Waals surface area contributed by atoms with Crippen LogP contribution in [-0.2, 0) is 9.53 Å². The molecular formula is C32H32ClN3O4S. The Bertz CT molecular complexity index is 1880. The van der Waals surface area contributed by atoms with Crippen LogP contribution >= 0.6 is 22.9 Å². The minimum Gasteiger partial charge on any atom is -0.494 e. The molecule has 0 saturated heterocycles. The van der Waals surface area contributed by atoms with Crippen LogP contribution in [0.1, 0.15) is 54.9 Å². The molecule has 0 radical (unpaired) electrons. The Hall–Kier alpha value is -3.88. The molecule has 0 saturated carbocycles. The van der Waals surface area contributed by atoms with Gasteiger partial charge in [-0.05, 0) is 83.0 Å². The van der Waals surface area contributed by atoms with Crippen molar-refractivity contribution in [1.29, 1.82) is 0 Å². The van der Waals surface area contributed by atoms with Gasteiger partial charge in [-0.3, -0.25) is 9.36 Å². The van der Waals surface area contributed by atoms with Crippen LogP contribution in [0.4, 0.5) is 0 Å². The van der Waals surface area contributed by atoms with Gasteiger partial charge in [-0.25, -0.2) is 9.79 Å². The highest BCUT2D eigenvalue weighted by Gasteiger charge is 2.35. The molecule has 212 valence electrons. The van der Waals surface area contributed by atoms with Crippen LogP contribution < -0.4 is 19.6 Å². The number of hydrogen-bond acceptors (Lipinski definition) is 6. The molecule has 5 rings (SSSR count). The van der Waals surface area contributed by atoms with Crippen molar-refractivity contribution in [2.45, 2.75) is 47.6 Å². The van der Waals surface area contributed by atoms with Crippen molar-refractivity contribution in [2.24, 2.45) is 4.99 Å². The zero-order chi connectivity index (χ0) is 29.4. The topological polar surface area (TPSA) is 74.8 Å². The zero-order valence-electron chi connectivity index (χ0n) is 23.9. The first-order valence-electron chi connectivity index (χ1n) is 13.5. The summed E-state index contributed by atoms with van der Waals surface area (Å²) in [5, 5.41) is 0.699. The Balaban J connectivity index is 1.72. The van der Waals surface area contributed by atoms with Gasteiger partial charge in [0.05, 0.1) is 29.0 Å². The van der Waals surface area contributed by atoms with Gasteiger partial charge in [0.2, 0.25) is 0 Å². The largest absolute Gasteiger partial charge is 0.494 e. The number of para-hydroxylation sites is 1. The highest BCUT2D eigenvalue weighted by Crippen LogP contribution is 2.36. The molecule has 2 aromatic carbocycles. The number of allylic oxidation sites excluding steroid dienone is 1. The van der Waals surface area contributed by atoms with E-state index in [0.717, 1.165) is 28.2 Å². The number of esters is 1. The molecule has 7 nitrogen and oxygen atoms in total. The van der Waals surface area contributed by atoms with E-state index >= 15 is 0 Å². The van der Waals surface area contributed by atoms with Crippen LogP contribution in [0.15, 0.2) is 69.6 Å². The van der Waals surface area contributed by atoms with Crippen LogP contribution in [0, 0.1) is 20.8 Å². The summed E-state index contributed by atoms with van der Waals surface area (Å²) in [4.78, 5) is 32.6. The quantitative estimate of drug-likeness (QED) is 0.264. The van der Waals surface area contributed by atoms with E-state index in [1.54, 1.807) is 18.4 Å². The van der Waals surface area contributed by atoms with Crippen LogP contribution in [-0.4, -0.2) is 28.3 Å². The van der Waals surface area contributed by atoms with E-state index in [-0.39, 0.29) is 12.2 Å². The first kappa shape index (κ1) is 28.6. The molecule has 41 heavy (non-hydrogen) atoms. The molecule has 0 fully saturated rings. The fraction of sp³-hybridized carbons (Fsp3) is 0.281. The second-order valence-corrected chi connectivity index (χ2v) is 11.2. The minimum atomic E-state index is -0.739. The number of rotatable bonds is 7. The van der Waals surface area contributed by atoms with Crippen LogP contribution in [0.3, 0.4) is 0 Å². The number of aryl methyl sites for hydroxylation is 1.